The van der Waals surface area contributed by atoms with Gasteiger partial charge in [0.2, 0.25) is 5.91 Å². The summed E-state index contributed by atoms with van der Waals surface area (Å²) in [5.74, 6) is -0.322. The van der Waals surface area contributed by atoms with Gasteiger partial charge < -0.3 is 14.8 Å². The molecule has 1 aliphatic heterocycles. The van der Waals surface area contributed by atoms with Crippen molar-refractivity contribution in [2.75, 3.05) is 18.5 Å². The second-order valence-electron chi connectivity index (χ2n) is 4.48. The number of fused-ring (bicyclic) bond motifs is 1. The Morgan fingerprint density at radius 2 is 2.05 bits per heavy atom. The number of nitrogens with one attached hydrogen (secondary N) is 1. The highest BCUT2D eigenvalue weighted by Gasteiger charge is 2.27. The normalized spacial score (nSPS) is 13.3. The van der Waals surface area contributed by atoms with Gasteiger partial charge >= 0.3 is 0 Å². The minimum Gasteiger partial charge on any atom is -0.489 e. The first kappa shape index (κ1) is 15.4. The molecule has 0 unspecified atom stereocenters. The number of ether oxygens (including phenoxy) is 2. The Labute approximate surface area is 124 Å². The number of rotatable bonds is 3. The van der Waals surface area contributed by atoms with E-state index in [1.165, 1.54) is 6.92 Å². The summed E-state index contributed by atoms with van der Waals surface area (Å²) in [7, 11) is 0. The topological polar surface area (TPSA) is 139 Å². The minimum absolute atomic E-state index is 0.0320. The lowest BCUT2D eigenvalue weighted by atomic mass is 10.2. The highest BCUT2D eigenvalue weighted by molar-refractivity contribution is 5.93. The lowest BCUT2D eigenvalue weighted by molar-refractivity contribution is -0.384. The third kappa shape index (κ3) is 3.18. The Morgan fingerprint density at radius 3 is 2.59 bits per heavy atom. The molecule has 116 valence electrons. The van der Waals surface area contributed by atoms with Crippen LogP contribution in [0.5, 0.6) is 11.5 Å². The summed E-state index contributed by atoms with van der Waals surface area (Å²) < 4.78 is 11.0. The molecule has 0 bridgehead atoms. The number of anilines is 1. The number of nitro groups is 1. The van der Waals surface area contributed by atoms with E-state index in [1.807, 2.05) is 0 Å². The van der Waals surface area contributed by atoms with Gasteiger partial charge in [0.15, 0.2) is 17.2 Å². The number of amides is 1. The van der Waals surface area contributed by atoms with Gasteiger partial charge in [-0.15, -0.1) is 0 Å². The Hall–Kier alpha value is -3.00. The van der Waals surface area contributed by atoms with Gasteiger partial charge in [0, 0.05) is 17.9 Å². The van der Waals surface area contributed by atoms with E-state index in [0.29, 0.717) is 19.6 Å². The van der Waals surface area contributed by atoms with E-state index in [4.69, 9.17) is 15.0 Å². The fourth-order valence-electron chi connectivity index (χ4n) is 2.01. The zero-order valence-corrected chi connectivity index (χ0v) is 11.7. The molecule has 0 aromatic heterocycles. The predicted molar refractivity (Wildman–Crippen MR) is 76.4 cm³/mol. The van der Waals surface area contributed by atoms with Gasteiger partial charge in [0.1, 0.15) is 0 Å². The molecule has 0 radical (unpaired) electrons. The average molecular weight is 307 g/mol. The number of nitrogens with zero attached hydrogens (tertiary/aromatic N) is 4. The molecule has 1 heterocycles. The Bertz CT molecular complexity index is 668. The third-order valence-corrected chi connectivity index (χ3v) is 2.87. The summed E-state index contributed by atoms with van der Waals surface area (Å²) in [6, 6.07) is 1.09. The van der Waals surface area contributed by atoms with Gasteiger partial charge in [-0.25, -0.2) is 0 Å². The predicted octanol–water partition coefficient (Wildman–Crippen LogP) is 3.05. The monoisotopic (exact) mass is 307 g/mol. The van der Waals surface area contributed by atoms with Crippen molar-refractivity contribution >= 4 is 23.0 Å². The molecule has 1 N–H and O–H groups in total. The summed E-state index contributed by atoms with van der Waals surface area (Å²) >= 11 is 0. The highest BCUT2D eigenvalue weighted by atomic mass is 16.6. The zero-order chi connectivity index (χ0) is 16.1. The first-order valence-electron chi connectivity index (χ1n) is 6.48. The molecule has 10 heteroatoms. The fraction of sp³-hybridized carbons (Fsp3) is 0.417. The zero-order valence-electron chi connectivity index (χ0n) is 11.7. The van der Waals surface area contributed by atoms with Crippen molar-refractivity contribution in [1.82, 2.24) is 0 Å². The van der Waals surface area contributed by atoms with E-state index in [2.05, 4.69) is 15.3 Å². The maximum absolute atomic E-state index is 11.3. The molecule has 1 amide bonds. The second kappa shape index (κ2) is 6.64. The number of hydrogen-bond acceptors (Lipinski definition) is 6. The van der Waals surface area contributed by atoms with Crippen LogP contribution in [0.1, 0.15) is 19.8 Å². The van der Waals surface area contributed by atoms with Crippen LogP contribution in [0, 0.1) is 10.1 Å². The average Bonchev–Trinajstić information content (AvgIpc) is 2.40. The summed E-state index contributed by atoms with van der Waals surface area (Å²) in [6.07, 6.45) is 1.42. The van der Waals surface area contributed by atoms with Gasteiger partial charge in [-0.05, 0) is 23.5 Å². The first-order chi connectivity index (χ1) is 10.5. The molecule has 10 nitrogen and oxygen atoms in total. The van der Waals surface area contributed by atoms with Crippen molar-refractivity contribution in [3.63, 3.8) is 0 Å². The Balaban J connectivity index is 2.72. The van der Waals surface area contributed by atoms with E-state index in [9.17, 15) is 14.9 Å². The van der Waals surface area contributed by atoms with Crippen molar-refractivity contribution in [3.05, 3.63) is 26.6 Å². The van der Waals surface area contributed by atoms with E-state index in [1.54, 1.807) is 0 Å². The van der Waals surface area contributed by atoms with Crippen LogP contribution in [0.15, 0.2) is 11.2 Å². The molecule has 1 aromatic carbocycles. The Kier molecular flexibility index (Phi) is 4.64. The smallest absolute Gasteiger partial charge is 0.285 e. The summed E-state index contributed by atoms with van der Waals surface area (Å²) in [5.41, 5.74) is 8.01. The summed E-state index contributed by atoms with van der Waals surface area (Å²) in [5, 5.41) is 17.0. The van der Waals surface area contributed by atoms with Crippen LogP contribution in [-0.4, -0.2) is 24.0 Å². The van der Waals surface area contributed by atoms with Crippen LogP contribution in [0.4, 0.5) is 17.1 Å². The molecule has 1 aromatic rings. The molecular formula is C12H13N5O5. The van der Waals surface area contributed by atoms with Crippen LogP contribution in [0.25, 0.3) is 10.4 Å². The van der Waals surface area contributed by atoms with Gasteiger partial charge in [-0.1, -0.05) is 0 Å². The lowest BCUT2D eigenvalue weighted by Gasteiger charge is -2.20. The number of carbonyl (C=O) groups is 1. The maximum atomic E-state index is 11.3. The molecule has 0 saturated heterocycles. The number of benzene rings is 1. The van der Waals surface area contributed by atoms with Gasteiger partial charge in [0.25, 0.3) is 5.69 Å². The molecule has 22 heavy (non-hydrogen) atoms. The molecule has 0 atom stereocenters. The standard InChI is InChI=1S/C12H13N5O5/c1-7(18)14-8-6-9(17(19)20)10(15-16-13)12-11(8)21-4-2-3-5-22-12/h6H,2-5H2,1H3,(H,14,18). The molecule has 0 saturated carbocycles. The van der Waals surface area contributed by atoms with E-state index < -0.39 is 16.5 Å². The minimum atomic E-state index is -0.711. The van der Waals surface area contributed by atoms with Crippen LogP contribution in [0.2, 0.25) is 0 Å². The van der Waals surface area contributed by atoms with Crippen LogP contribution in [0.3, 0.4) is 0 Å². The number of azide groups is 1. The Morgan fingerprint density at radius 1 is 1.41 bits per heavy atom. The van der Waals surface area contributed by atoms with Crippen molar-refractivity contribution in [2.45, 2.75) is 19.8 Å². The van der Waals surface area contributed by atoms with Gasteiger partial charge in [-0.2, -0.15) is 0 Å². The van der Waals surface area contributed by atoms with E-state index >= 15 is 0 Å². The molecular weight excluding hydrogens is 294 g/mol. The SMILES string of the molecule is CC(=O)Nc1cc([N+](=O)[O-])c(N=[N+]=[N-])c2c1OCCCCO2. The molecule has 2 rings (SSSR count). The molecule has 0 fully saturated rings. The first-order valence-corrected chi connectivity index (χ1v) is 6.48. The molecule has 0 aliphatic carbocycles. The van der Waals surface area contributed by atoms with Gasteiger partial charge in [-0.3, -0.25) is 14.9 Å². The van der Waals surface area contributed by atoms with Crippen LogP contribution < -0.4 is 14.8 Å². The number of hydrogen-bond donors (Lipinski definition) is 1. The van der Waals surface area contributed by atoms with E-state index in [-0.39, 0.29) is 22.9 Å². The quantitative estimate of drug-likeness (QED) is 0.300. The van der Waals surface area contributed by atoms with Crippen molar-refractivity contribution in [3.8, 4) is 11.5 Å². The molecule has 1 aliphatic rings. The van der Waals surface area contributed by atoms with E-state index in [0.717, 1.165) is 12.5 Å². The second-order valence-corrected chi connectivity index (χ2v) is 4.48. The maximum Gasteiger partial charge on any atom is 0.285 e. The van der Waals surface area contributed by atoms with Crippen molar-refractivity contribution in [1.29, 1.82) is 0 Å². The lowest BCUT2D eigenvalue weighted by Crippen LogP contribution is -2.13. The van der Waals surface area contributed by atoms with Crippen LogP contribution in [-0.2, 0) is 4.79 Å². The summed E-state index contributed by atoms with van der Waals surface area (Å²) in [6.45, 7) is 1.92. The van der Waals surface area contributed by atoms with Crippen LogP contribution >= 0.6 is 0 Å². The van der Waals surface area contributed by atoms with Gasteiger partial charge in [0.05, 0.1) is 23.8 Å². The summed E-state index contributed by atoms with van der Waals surface area (Å²) in [4.78, 5) is 24.4. The largest absolute Gasteiger partial charge is 0.489 e. The number of nitro benzene ring substituents is 1. The number of carbonyl (C=O) groups excluding carboxylic acids is 1. The third-order valence-electron chi connectivity index (χ3n) is 2.87. The van der Waals surface area contributed by atoms with Crippen molar-refractivity contribution in [2.24, 2.45) is 5.11 Å². The highest BCUT2D eigenvalue weighted by Crippen LogP contribution is 2.49. The van der Waals surface area contributed by atoms with Crippen molar-refractivity contribution < 1.29 is 19.2 Å². The molecule has 0 spiro atoms. The fourth-order valence-corrected chi connectivity index (χ4v) is 2.01.